The van der Waals surface area contributed by atoms with E-state index in [1.54, 1.807) is 0 Å². The molecule has 0 bridgehead atoms. The highest BCUT2D eigenvalue weighted by atomic mass is 16.6. The minimum Gasteiger partial charge on any atom is -0.378 e. The number of nitrogens with one attached hydrogen (secondary N) is 2. The molecule has 0 fully saturated rings. The van der Waals surface area contributed by atoms with Gasteiger partial charge in [0.1, 0.15) is 0 Å². The molecule has 0 aromatic heterocycles. The molecule has 0 atom stereocenters. The summed E-state index contributed by atoms with van der Waals surface area (Å²) >= 11 is 0. The number of rotatable bonds is 16. The van der Waals surface area contributed by atoms with E-state index in [1.807, 2.05) is 7.05 Å². The molecule has 0 aliphatic heterocycles. The van der Waals surface area contributed by atoms with Gasteiger partial charge in [0, 0.05) is 13.1 Å². The molecule has 0 aliphatic rings. The minimum atomic E-state index is -0.193. The van der Waals surface area contributed by atoms with Crippen molar-refractivity contribution in [2.24, 2.45) is 0 Å². The molecule has 0 aromatic rings. The van der Waals surface area contributed by atoms with E-state index in [2.05, 4.69) is 17.2 Å². The lowest BCUT2D eigenvalue weighted by Gasteiger charge is -2.07. The first kappa shape index (κ1) is 20.0. The van der Waals surface area contributed by atoms with Crippen LogP contribution < -0.4 is 10.6 Å². The lowest BCUT2D eigenvalue weighted by molar-refractivity contribution is -0.116. The molecular formula is C14H28N2O5. The monoisotopic (exact) mass is 304 g/mol. The molecular weight excluding hydrogens is 276 g/mol. The topological polar surface area (TPSA) is 78.1 Å². The highest BCUT2D eigenvalue weighted by Crippen LogP contribution is 1.82. The Balaban J connectivity index is 2.99. The molecule has 0 rings (SSSR count). The predicted octanol–water partition coefficient (Wildman–Crippen LogP) is -0.426. The lowest BCUT2D eigenvalue weighted by Crippen LogP contribution is -2.25. The van der Waals surface area contributed by atoms with Crippen molar-refractivity contribution in [2.45, 2.75) is 0 Å². The van der Waals surface area contributed by atoms with Crippen LogP contribution in [0.2, 0.25) is 0 Å². The van der Waals surface area contributed by atoms with Gasteiger partial charge in [-0.25, -0.2) is 0 Å². The summed E-state index contributed by atoms with van der Waals surface area (Å²) in [5.41, 5.74) is 0. The van der Waals surface area contributed by atoms with E-state index in [0.29, 0.717) is 59.4 Å². The molecule has 0 spiro atoms. The van der Waals surface area contributed by atoms with Crippen LogP contribution in [-0.2, 0) is 23.7 Å². The third-order valence-electron chi connectivity index (χ3n) is 2.34. The number of amides is 1. The fraction of sp³-hybridized carbons (Fsp3) is 0.786. The summed E-state index contributed by atoms with van der Waals surface area (Å²) in [6.07, 6.45) is 1.23. The molecule has 0 aliphatic carbocycles. The van der Waals surface area contributed by atoms with Crippen LogP contribution in [-0.4, -0.2) is 78.9 Å². The maximum atomic E-state index is 10.8. The number of ether oxygens (including phenoxy) is 4. The van der Waals surface area contributed by atoms with Gasteiger partial charge in [0.15, 0.2) is 0 Å². The Morgan fingerprint density at radius 1 is 0.857 bits per heavy atom. The summed E-state index contributed by atoms with van der Waals surface area (Å²) in [7, 11) is 1.89. The van der Waals surface area contributed by atoms with E-state index in [0.717, 1.165) is 6.54 Å². The smallest absolute Gasteiger partial charge is 0.243 e. The van der Waals surface area contributed by atoms with Gasteiger partial charge in [-0.3, -0.25) is 4.79 Å². The van der Waals surface area contributed by atoms with E-state index < -0.39 is 0 Å². The molecule has 7 nitrogen and oxygen atoms in total. The van der Waals surface area contributed by atoms with Crippen molar-refractivity contribution in [3.63, 3.8) is 0 Å². The normalized spacial score (nSPS) is 10.5. The molecule has 0 aromatic carbocycles. The Labute approximate surface area is 127 Å². The molecule has 124 valence electrons. The highest BCUT2D eigenvalue weighted by Gasteiger charge is 1.94. The first-order valence-electron chi connectivity index (χ1n) is 7.17. The van der Waals surface area contributed by atoms with Gasteiger partial charge in [-0.05, 0) is 13.1 Å². The van der Waals surface area contributed by atoms with Gasteiger partial charge in [0.25, 0.3) is 0 Å². The van der Waals surface area contributed by atoms with E-state index in [-0.39, 0.29) is 5.91 Å². The van der Waals surface area contributed by atoms with Gasteiger partial charge in [-0.1, -0.05) is 6.58 Å². The molecule has 2 N–H and O–H groups in total. The van der Waals surface area contributed by atoms with Crippen LogP contribution in [0, 0.1) is 0 Å². The van der Waals surface area contributed by atoms with Gasteiger partial charge >= 0.3 is 0 Å². The van der Waals surface area contributed by atoms with Gasteiger partial charge in [-0.15, -0.1) is 0 Å². The predicted molar refractivity (Wildman–Crippen MR) is 80.4 cm³/mol. The Morgan fingerprint density at radius 2 is 1.29 bits per heavy atom. The van der Waals surface area contributed by atoms with Crippen molar-refractivity contribution >= 4 is 5.91 Å². The summed E-state index contributed by atoms with van der Waals surface area (Å²) in [6.45, 7) is 9.10. The first-order chi connectivity index (χ1) is 10.3. The summed E-state index contributed by atoms with van der Waals surface area (Å²) in [6, 6.07) is 0. The van der Waals surface area contributed by atoms with Crippen LogP contribution in [0.1, 0.15) is 0 Å². The molecule has 0 saturated carbocycles. The Bertz CT molecular complexity index is 252. The molecule has 0 unspecified atom stereocenters. The number of hydrogen-bond acceptors (Lipinski definition) is 6. The van der Waals surface area contributed by atoms with Crippen LogP contribution in [0.3, 0.4) is 0 Å². The zero-order valence-electron chi connectivity index (χ0n) is 12.9. The SMILES string of the molecule is C=CC(=O)NCCOCCOCCOCCOCCNC. The molecule has 1 amide bonds. The summed E-state index contributed by atoms with van der Waals surface area (Å²) < 4.78 is 21.2. The third kappa shape index (κ3) is 17.0. The summed E-state index contributed by atoms with van der Waals surface area (Å²) in [4.78, 5) is 10.8. The van der Waals surface area contributed by atoms with Crippen molar-refractivity contribution in [3.05, 3.63) is 12.7 Å². The summed E-state index contributed by atoms with van der Waals surface area (Å²) in [5.74, 6) is -0.193. The second-order valence-corrected chi connectivity index (χ2v) is 4.05. The van der Waals surface area contributed by atoms with E-state index in [9.17, 15) is 4.79 Å². The average molecular weight is 304 g/mol. The number of likely N-dealkylation sites (N-methyl/N-ethyl adjacent to an activating group) is 1. The van der Waals surface area contributed by atoms with Crippen molar-refractivity contribution in [3.8, 4) is 0 Å². The van der Waals surface area contributed by atoms with Crippen LogP contribution in [0.5, 0.6) is 0 Å². The maximum absolute atomic E-state index is 10.8. The molecule has 7 heteroatoms. The zero-order valence-corrected chi connectivity index (χ0v) is 12.9. The maximum Gasteiger partial charge on any atom is 0.243 e. The number of hydrogen-bond donors (Lipinski definition) is 2. The minimum absolute atomic E-state index is 0.193. The molecule has 0 heterocycles. The molecule has 0 saturated heterocycles. The van der Waals surface area contributed by atoms with E-state index >= 15 is 0 Å². The number of carbonyl (C=O) groups excluding carboxylic acids is 1. The van der Waals surface area contributed by atoms with Gasteiger partial charge in [-0.2, -0.15) is 0 Å². The van der Waals surface area contributed by atoms with Crippen LogP contribution in [0.4, 0.5) is 0 Å². The fourth-order valence-corrected chi connectivity index (χ4v) is 1.25. The Morgan fingerprint density at radius 3 is 1.71 bits per heavy atom. The largest absolute Gasteiger partial charge is 0.378 e. The second-order valence-electron chi connectivity index (χ2n) is 4.05. The Kier molecular flexibility index (Phi) is 16.3. The van der Waals surface area contributed by atoms with Crippen molar-refractivity contribution < 1.29 is 23.7 Å². The van der Waals surface area contributed by atoms with E-state index in [4.69, 9.17) is 18.9 Å². The highest BCUT2D eigenvalue weighted by molar-refractivity contribution is 5.86. The van der Waals surface area contributed by atoms with Crippen LogP contribution in [0.25, 0.3) is 0 Å². The second kappa shape index (κ2) is 17.1. The fourth-order valence-electron chi connectivity index (χ4n) is 1.25. The quantitative estimate of drug-likeness (QED) is 0.298. The van der Waals surface area contributed by atoms with Crippen LogP contribution >= 0.6 is 0 Å². The van der Waals surface area contributed by atoms with E-state index in [1.165, 1.54) is 6.08 Å². The van der Waals surface area contributed by atoms with Crippen molar-refractivity contribution in [2.75, 3.05) is 73.0 Å². The van der Waals surface area contributed by atoms with Gasteiger partial charge in [0.05, 0.1) is 52.9 Å². The zero-order chi connectivity index (χ0) is 15.6. The summed E-state index contributed by atoms with van der Waals surface area (Å²) in [5, 5.41) is 5.61. The average Bonchev–Trinajstić information content (AvgIpc) is 2.50. The van der Waals surface area contributed by atoms with Gasteiger partial charge in [0.2, 0.25) is 5.91 Å². The van der Waals surface area contributed by atoms with Crippen LogP contribution in [0.15, 0.2) is 12.7 Å². The van der Waals surface area contributed by atoms with Crippen molar-refractivity contribution in [1.82, 2.24) is 10.6 Å². The van der Waals surface area contributed by atoms with Gasteiger partial charge < -0.3 is 29.6 Å². The standard InChI is InChI=1S/C14H28N2O5/c1-3-14(17)16-5-7-19-9-11-21-13-12-20-10-8-18-6-4-15-2/h3,15H,1,4-13H2,2H3,(H,16,17). The third-order valence-corrected chi connectivity index (χ3v) is 2.34. The Hall–Kier alpha value is -0.990. The molecule has 0 radical (unpaired) electrons. The lowest BCUT2D eigenvalue weighted by atomic mass is 10.5. The molecule has 21 heavy (non-hydrogen) atoms. The number of carbonyl (C=O) groups is 1. The first-order valence-corrected chi connectivity index (χ1v) is 7.17. The van der Waals surface area contributed by atoms with Crippen molar-refractivity contribution in [1.29, 1.82) is 0 Å².